The lowest BCUT2D eigenvalue weighted by Crippen LogP contribution is -2.52. The van der Waals surface area contributed by atoms with Crippen molar-refractivity contribution < 1.29 is 0 Å². The van der Waals surface area contributed by atoms with E-state index >= 15 is 0 Å². The third kappa shape index (κ3) is 2.97. The maximum absolute atomic E-state index is 4.69. The highest BCUT2D eigenvalue weighted by Crippen LogP contribution is 2.38. The molecule has 0 bridgehead atoms. The van der Waals surface area contributed by atoms with Crippen molar-refractivity contribution in [1.82, 2.24) is 19.9 Å². The zero-order valence-electron chi connectivity index (χ0n) is 14.8. The van der Waals surface area contributed by atoms with Crippen molar-refractivity contribution in [3.05, 3.63) is 24.3 Å². The standard InChI is InChI=1S/C20H30N4/c1-2-8-14-20(15-9-3-1,23-16-10-4-5-11-17-23)24-19-13-7-6-12-18(19)21-22-24/h6-7,12-13H,1-5,8-11,14-17H2. The fourth-order valence-electron chi connectivity index (χ4n) is 4.80. The number of nitrogens with zero attached hydrogens (tertiary/aromatic N) is 4. The SMILES string of the molecule is c1ccc2c(c1)nnn2C1(N2CCCCCC2)CCCCCCC1. The molecular weight excluding hydrogens is 296 g/mol. The molecule has 0 N–H and O–H groups in total. The summed E-state index contributed by atoms with van der Waals surface area (Å²) in [7, 11) is 0. The fourth-order valence-corrected chi connectivity index (χ4v) is 4.80. The molecule has 24 heavy (non-hydrogen) atoms. The summed E-state index contributed by atoms with van der Waals surface area (Å²) in [6.07, 6.45) is 14.6. The Morgan fingerprint density at radius 3 is 2.12 bits per heavy atom. The number of hydrogen-bond acceptors (Lipinski definition) is 3. The van der Waals surface area contributed by atoms with Gasteiger partial charge in [-0.25, -0.2) is 4.68 Å². The van der Waals surface area contributed by atoms with Crippen LogP contribution < -0.4 is 0 Å². The van der Waals surface area contributed by atoms with Crippen molar-refractivity contribution in [2.75, 3.05) is 13.1 Å². The van der Waals surface area contributed by atoms with Crippen LogP contribution in [0.3, 0.4) is 0 Å². The van der Waals surface area contributed by atoms with Gasteiger partial charge in [0.25, 0.3) is 0 Å². The van der Waals surface area contributed by atoms with Crippen LogP contribution >= 0.6 is 0 Å². The predicted octanol–water partition coefficient (Wildman–Crippen LogP) is 4.70. The molecule has 1 aliphatic heterocycles. The summed E-state index contributed by atoms with van der Waals surface area (Å²) in [6.45, 7) is 2.43. The van der Waals surface area contributed by atoms with Crippen molar-refractivity contribution >= 4 is 11.0 Å². The van der Waals surface area contributed by atoms with E-state index in [0.29, 0.717) is 0 Å². The Balaban J connectivity index is 1.79. The summed E-state index contributed by atoms with van der Waals surface area (Å²) < 4.78 is 2.30. The Morgan fingerprint density at radius 2 is 1.38 bits per heavy atom. The van der Waals surface area contributed by atoms with Crippen molar-refractivity contribution in [1.29, 1.82) is 0 Å². The van der Waals surface area contributed by atoms with Crippen LogP contribution in [-0.4, -0.2) is 33.0 Å². The molecule has 1 aliphatic carbocycles. The molecule has 2 aliphatic rings. The fraction of sp³-hybridized carbons (Fsp3) is 0.700. The molecule has 4 nitrogen and oxygen atoms in total. The third-order valence-electron chi connectivity index (χ3n) is 6.10. The third-order valence-corrected chi connectivity index (χ3v) is 6.10. The second-order valence-corrected chi connectivity index (χ2v) is 7.64. The Hall–Kier alpha value is -1.42. The smallest absolute Gasteiger partial charge is 0.117 e. The molecule has 1 aromatic carbocycles. The summed E-state index contributed by atoms with van der Waals surface area (Å²) in [6, 6.07) is 8.49. The maximum Gasteiger partial charge on any atom is 0.117 e. The van der Waals surface area contributed by atoms with Crippen LogP contribution in [0.25, 0.3) is 11.0 Å². The Bertz CT molecular complexity index is 646. The highest BCUT2D eigenvalue weighted by molar-refractivity contribution is 5.74. The van der Waals surface area contributed by atoms with Gasteiger partial charge in [-0.05, 0) is 50.7 Å². The summed E-state index contributed by atoms with van der Waals surface area (Å²) >= 11 is 0. The number of fused-ring (bicyclic) bond motifs is 1. The van der Waals surface area contributed by atoms with Crippen LogP contribution in [0.4, 0.5) is 0 Å². The lowest BCUT2D eigenvalue weighted by molar-refractivity contribution is -0.0140. The number of rotatable bonds is 2. The van der Waals surface area contributed by atoms with Crippen molar-refractivity contribution in [2.45, 2.75) is 76.3 Å². The molecule has 0 unspecified atom stereocenters. The molecule has 2 aromatic rings. The van der Waals surface area contributed by atoms with E-state index in [0.717, 1.165) is 5.52 Å². The van der Waals surface area contributed by atoms with E-state index in [1.807, 2.05) is 0 Å². The summed E-state index contributed by atoms with van der Waals surface area (Å²) in [5.74, 6) is 0. The normalized spacial score (nSPS) is 23.5. The van der Waals surface area contributed by atoms with Crippen molar-refractivity contribution in [2.24, 2.45) is 0 Å². The van der Waals surface area contributed by atoms with E-state index in [-0.39, 0.29) is 5.66 Å². The predicted molar refractivity (Wildman–Crippen MR) is 97.9 cm³/mol. The zero-order valence-corrected chi connectivity index (χ0v) is 14.8. The van der Waals surface area contributed by atoms with Gasteiger partial charge in [-0.3, -0.25) is 4.90 Å². The molecule has 2 fully saturated rings. The number of likely N-dealkylation sites (tertiary alicyclic amines) is 1. The zero-order chi connectivity index (χ0) is 16.2. The van der Waals surface area contributed by atoms with Gasteiger partial charge in [0.15, 0.2) is 0 Å². The molecule has 0 amide bonds. The van der Waals surface area contributed by atoms with E-state index in [4.69, 9.17) is 5.21 Å². The van der Waals surface area contributed by atoms with Crippen LogP contribution in [0.15, 0.2) is 24.3 Å². The minimum absolute atomic E-state index is 0.0425. The molecule has 4 rings (SSSR count). The summed E-state index contributed by atoms with van der Waals surface area (Å²) in [4.78, 5) is 2.77. The monoisotopic (exact) mass is 326 g/mol. The minimum atomic E-state index is 0.0425. The average molecular weight is 326 g/mol. The van der Waals surface area contributed by atoms with Gasteiger partial charge in [-0.15, -0.1) is 5.10 Å². The molecule has 1 saturated carbocycles. The van der Waals surface area contributed by atoms with E-state index in [1.165, 1.54) is 89.2 Å². The Labute approximate surface area is 145 Å². The molecule has 4 heteroatoms. The lowest BCUT2D eigenvalue weighted by atomic mass is 9.89. The largest absolute Gasteiger partial charge is 0.279 e. The van der Waals surface area contributed by atoms with Crippen LogP contribution in [0, 0.1) is 0 Å². The number of benzene rings is 1. The first-order chi connectivity index (χ1) is 11.9. The minimum Gasteiger partial charge on any atom is -0.279 e. The van der Waals surface area contributed by atoms with Gasteiger partial charge in [0, 0.05) is 13.1 Å². The summed E-state index contributed by atoms with van der Waals surface area (Å²) in [5.41, 5.74) is 2.29. The number of aromatic nitrogens is 3. The number of para-hydroxylation sites is 1. The van der Waals surface area contributed by atoms with Crippen LogP contribution in [0.5, 0.6) is 0 Å². The van der Waals surface area contributed by atoms with Crippen LogP contribution in [0.2, 0.25) is 0 Å². The van der Waals surface area contributed by atoms with Gasteiger partial charge in [0.05, 0.1) is 5.52 Å². The number of hydrogen-bond donors (Lipinski definition) is 0. The second kappa shape index (κ2) is 7.22. The average Bonchev–Trinajstić information content (AvgIpc) is 2.83. The molecule has 0 radical (unpaired) electrons. The Kier molecular flexibility index (Phi) is 4.83. The molecule has 130 valence electrons. The van der Waals surface area contributed by atoms with Crippen LogP contribution in [-0.2, 0) is 5.66 Å². The van der Waals surface area contributed by atoms with E-state index in [9.17, 15) is 0 Å². The van der Waals surface area contributed by atoms with Crippen LogP contribution in [0.1, 0.15) is 70.6 Å². The maximum atomic E-state index is 4.69. The van der Waals surface area contributed by atoms with E-state index in [2.05, 4.69) is 38.9 Å². The highest BCUT2D eigenvalue weighted by atomic mass is 15.5. The van der Waals surface area contributed by atoms with Gasteiger partial charge in [-0.2, -0.15) is 0 Å². The van der Waals surface area contributed by atoms with Gasteiger partial charge in [0.2, 0.25) is 0 Å². The first kappa shape index (κ1) is 16.1. The van der Waals surface area contributed by atoms with Crippen molar-refractivity contribution in [3.63, 3.8) is 0 Å². The van der Waals surface area contributed by atoms with Gasteiger partial charge < -0.3 is 0 Å². The van der Waals surface area contributed by atoms with E-state index in [1.54, 1.807) is 0 Å². The van der Waals surface area contributed by atoms with Gasteiger partial charge in [0.1, 0.15) is 11.2 Å². The molecule has 0 atom stereocenters. The first-order valence-electron chi connectivity index (χ1n) is 9.96. The second-order valence-electron chi connectivity index (χ2n) is 7.64. The van der Waals surface area contributed by atoms with Gasteiger partial charge >= 0.3 is 0 Å². The Morgan fingerprint density at radius 1 is 0.750 bits per heavy atom. The molecule has 1 aromatic heterocycles. The molecular formula is C20H30N4. The van der Waals surface area contributed by atoms with Crippen molar-refractivity contribution in [3.8, 4) is 0 Å². The first-order valence-corrected chi connectivity index (χ1v) is 9.96. The summed E-state index contributed by atoms with van der Waals surface area (Å²) in [5, 5.41) is 9.19. The molecule has 1 saturated heterocycles. The van der Waals surface area contributed by atoms with Gasteiger partial charge in [-0.1, -0.05) is 49.5 Å². The topological polar surface area (TPSA) is 34.0 Å². The lowest BCUT2D eigenvalue weighted by Gasteiger charge is -2.45. The quantitative estimate of drug-likeness (QED) is 0.802. The highest BCUT2D eigenvalue weighted by Gasteiger charge is 2.40. The molecule has 2 heterocycles. The molecule has 0 spiro atoms. The van der Waals surface area contributed by atoms with E-state index < -0.39 is 0 Å².